The first-order valence-corrected chi connectivity index (χ1v) is 39.7. The van der Waals surface area contributed by atoms with Gasteiger partial charge < -0.3 is 73.4 Å². The van der Waals surface area contributed by atoms with Crippen molar-refractivity contribution in [1.82, 2.24) is 58.6 Å². The first-order chi connectivity index (χ1) is 47.1. The molecule has 2 aromatic carbocycles. The molecule has 3 spiro atoms. The topological polar surface area (TPSA) is 370 Å². The summed E-state index contributed by atoms with van der Waals surface area (Å²) in [5.74, 6) is 4.49. The molecule has 15 rings (SSSR count). The molecule has 7 saturated heterocycles. The van der Waals surface area contributed by atoms with Crippen LogP contribution in [-0.4, -0.2) is 210 Å². The number of fused-ring (bicyclic) bond motifs is 5. The molecule has 524 valence electrons. The molecule has 6 aromatic heterocycles. The molecule has 0 unspecified atom stereocenters. The van der Waals surface area contributed by atoms with Gasteiger partial charge in [-0.1, -0.05) is 55.4 Å². The molecule has 13 heterocycles. The second-order valence-electron chi connectivity index (χ2n) is 26.5. The number of hydrogen-bond acceptors (Lipinski definition) is 27. The minimum atomic E-state index is -2.83. The third-order valence-corrected chi connectivity index (χ3v) is 35.0. The van der Waals surface area contributed by atoms with Crippen LogP contribution in [0.5, 0.6) is 11.5 Å². The van der Waals surface area contributed by atoms with Crippen molar-refractivity contribution >= 4 is 115 Å². The molecule has 7 aliphatic rings. The van der Waals surface area contributed by atoms with E-state index in [1.807, 2.05) is 16.3 Å². The summed E-state index contributed by atoms with van der Waals surface area (Å²) < 4.78 is 55.4. The van der Waals surface area contributed by atoms with Gasteiger partial charge in [0.05, 0.1) is 73.4 Å². The van der Waals surface area contributed by atoms with E-state index < -0.39 is 69.7 Å². The van der Waals surface area contributed by atoms with Crippen molar-refractivity contribution in [3.63, 3.8) is 0 Å². The fraction of sp³-hybridized carbons (Fsp3) is 0.547. The summed E-state index contributed by atoms with van der Waals surface area (Å²) in [5.41, 5.74) is 10.7. The van der Waals surface area contributed by atoms with Crippen molar-refractivity contribution in [1.29, 1.82) is 0 Å². The highest BCUT2D eigenvalue weighted by atomic mass is 32.2. The van der Waals surface area contributed by atoms with Crippen molar-refractivity contribution < 1.29 is 66.7 Å². The lowest BCUT2D eigenvalue weighted by molar-refractivity contribution is -0.0548. The molecular formula is C64H83N15O14S3Si2. The van der Waals surface area contributed by atoms with Gasteiger partial charge in [-0.25, -0.2) is 44.9 Å². The fourth-order valence-electron chi connectivity index (χ4n) is 14.5. The van der Waals surface area contributed by atoms with Gasteiger partial charge in [-0.15, -0.1) is 35.3 Å². The van der Waals surface area contributed by atoms with Crippen molar-refractivity contribution in [2.75, 3.05) is 67.7 Å². The molecule has 0 saturated carbocycles. The lowest BCUT2D eigenvalue weighted by Gasteiger charge is -2.54. The number of thioether (sulfide) groups is 3. The Balaban J connectivity index is 0.000000143. The van der Waals surface area contributed by atoms with E-state index in [2.05, 4.69) is 106 Å². The van der Waals surface area contributed by atoms with Crippen molar-refractivity contribution in [3.05, 3.63) is 97.6 Å². The number of nitrogen functional groups attached to an aromatic ring is 1. The second-order valence-corrected chi connectivity index (χ2v) is 39.8. The molecule has 2 amide bonds. The lowest BCUT2D eigenvalue weighted by Crippen LogP contribution is -2.67. The van der Waals surface area contributed by atoms with Crippen LogP contribution < -0.4 is 25.8 Å². The van der Waals surface area contributed by atoms with E-state index in [0.29, 0.717) is 74.4 Å². The summed E-state index contributed by atoms with van der Waals surface area (Å²) in [5, 5.41) is 45.9. The third-order valence-electron chi connectivity index (χ3n) is 20.0. The molecule has 7 fully saturated rings. The number of benzene rings is 2. The largest absolute Gasteiger partial charge is 0.497 e. The lowest BCUT2D eigenvalue weighted by atomic mass is 9.94. The van der Waals surface area contributed by atoms with Gasteiger partial charge in [-0.2, -0.15) is 0 Å². The zero-order valence-corrected chi connectivity index (χ0v) is 60.4. The number of methoxy groups -OCH3 is 2. The Kier molecular flexibility index (Phi) is 19.9. The van der Waals surface area contributed by atoms with Gasteiger partial charge >= 0.3 is 17.1 Å². The summed E-state index contributed by atoms with van der Waals surface area (Å²) in [7, 11) is -2.39. The Morgan fingerprint density at radius 2 is 0.959 bits per heavy atom. The van der Waals surface area contributed by atoms with E-state index in [1.54, 1.807) is 114 Å². The van der Waals surface area contributed by atoms with Gasteiger partial charge in [0.2, 0.25) is 0 Å². The second kappa shape index (κ2) is 27.8. The molecule has 8 aromatic rings. The number of amides is 2. The third kappa shape index (κ3) is 11.8. The minimum Gasteiger partial charge on any atom is -0.497 e. The molecular weight excluding hydrogens is 1360 g/mol. The van der Waals surface area contributed by atoms with Gasteiger partial charge in [-0.05, 0) is 107 Å². The van der Waals surface area contributed by atoms with E-state index >= 15 is 0 Å². The summed E-state index contributed by atoms with van der Waals surface area (Å²) in [6.07, 6.45) is 6.97. The van der Waals surface area contributed by atoms with Gasteiger partial charge in [0, 0.05) is 11.1 Å². The van der Waals surface area contributed by atoms with Crippen LogP contribution in [-0.2, 0) is 27.2 Å². The van der Waals surface area contributed by atoms with Crippen LogP contribution in [0.2, 0.25) is 22.2 Å². The SMILES string of the molecule is COc1ccc(C(=O)Nc2ncnc3c2ncn3[C@@H]2O[C@@H]3CO[Si](C(C)C)(C(C)C)O[Si](C(C)C)(C(C)C)O[C@H]3[C@]23CCS3)cc1.COc1ccc(C(=O)Nc2ncnc3c2ncn3[C@@H]2O[C@H](CO)[C@@H](O)[C@]23CCS3)cc1.Nc1ncnc2c1ncn2[C@@H]1O[C@H](CO)[C@@H](O)[C@]12CCS2. The summed E-state index contributed by atoms with van der Waals surface area (Å²) >= 11 is 5.15. The van der Waals surface area contributed by atoms with Crippen LogP contribution in [0, 0.1) is 0 Å². The van der Waals surface area contributed by atoms with Crippen LogP contribution in [0.1, 0.15) is 114 Å². The number of aromatic nitrogens is 12. The highest BCUT2D eigenvalue weighted by Crippen LogP contribution is 2.62. The number of aliphatic hydroxyl groups excluding tert-OH is 4. The number of nitrogens with two attached hydrogens (primary N) is 1. The number of hydrogen-bond donors (Lipinski definition) is 7. The van der Waals surface area contributed by atoms with E-state index in [-0.39, 0.29) is 70.0 Å². The number of aliphatic hydroxyl groups is 4. The van der Waals surface area contributed by atoms with Crippen LogP contribution in [0.15, 0.2) is 86.5 Å². The van der Waals surface area contributed by atoms with Crippen LogP contribution in [0.25, 0.3) is 33.5 Å². The van der Waals surface area contributed by atoms with Crippen molar-refractivity contribution in [3.8, 4) is 11.5 Å². The van der Waals surface area contributed by atoms with E-state index in [0.717, 1.165) is 36.5 Å². The van der Waals surface area contributed by atoms with Gasteiger partial charge in [0.25, 0.3) is 11.8 Å². The number of imidazole rings is 3. The van der Waals surface area contributed by atoms with Crippen molar-refractivity contribution in [2.24, 2.45) is 0 Å². The predicted molar refractivity (Wildman–Crippen MR) is 373 cm³/mol. The number of carbonyl (C=O) groups is 2. The summed E-state index contributed by atoms with van der Waals surface area (Å²) in [4.78, 5) is 64.8. The molecule has 34 heteroatoms. The average Bonchev–Trinajstić information content (AvgIpc) is 1.53. The molecule has 12 atom stereocenters. The highest BCUT2D eigenvalue weighted by Gasteiger charge is 2.68. The number of nitrogens with zero attached hydrogens (tertiary/aromatic N) is 12. The molecule has 0 bridgehead atoms. The Bertz CT molecular complexity index is 4170. The number of rotatable bonds is 15. The Labute approximate surface area is 580 Å². The van der Waals surface area contributed by atoms with Gasteiger partial charge in [-0.3, -0.25) is 23.3 Å². The maximum Gasteiger partial charge on any atom is 0.335 e. The van der Waals surface area contributed by atoms with Crippen LogP contribution >= 0.6 is 35.3 Å². The summed E-state index contributed by atoms with van der Waals surface area (Å²) in [6, 6.07) is 13.6. The molecule has 8 N–H and O–H groups in total. The van der Waals surface area contributed by atoms with Gasteiger partial charge in [0.1, 0.15) is 66.5 Å². The number of ether oxygens (including phenoxy) is 5. The van der Waals surface area contributed by atoms with E-state index in [4.69, 9.17) is 47.4 Å². The average molecular weight is 1440 g/mol. The quantitative estimate of drug-likeness (QED) is 0.0486. The Morgan fingerprint density at radius 3 is 1.34 bits per heavy atom. The molecule has 29 nitrogen and oxygen atoms in total. The van der Waals surface area contributed by atoms with Gasteiger partial charge in [0.15, 0.2) is 64.1 Å². The monoisotopic (exact) mass is 1440 g/mol. The Hall–Kier alpha value is -6.49. The first kappa shape index (κ1) is 70.0. The maximum atomic E-state index is 13.1. The zero-order chi connectivity index (χ0) is 69.2. The van der Waals surface area contributed by atoms with Crippen molar-refractivity contribution in [2.45, 2.75) is 166 Å². The number of nitrogens with one attached hydrogen (secondary N) is 2. The Morgan fingerprint density at radius 1 is 0.571 bits per heavy atom. The molecule has 7 aliphatic heterocycles. The number of carbonyl (C=O) groups excluding carboxylic acids is 2. The van der Waals surface area contributed by atoms with Crippen LogP contribution in [0.4, 0.5) is 17.5 Å². The fourth-order valence-corrected chi connectivity index (χ4v) is 29.8. The molecule has 98 heavy (non-hydrogen) atoms. The molecule has 0 radical (unpaired) electrons. The molecule has 0 aliphatic carbocycles. The first-order valence-electron chi connectivity index (χ1n) is 32.8. The predicted octanol–water partition coefficient (Wildman–Crippen LogP) is 7.57. The van der Waals surface area contributed by atoms with Crippen LogP contribution in [0.3, 0.4) is 0 Å². The summed E-state index contributed by atoms with van der Waals surface area (Å²) in [6.45, 7) is 17.8. The highest BCUT2D eigenvalue weighted by molar-refractivity contribution is 8.02. The standard InChI is InChI=1S/C32H47N5O6SSi2.C20H21N5O5S.C12H15N5O3S/c1-19(2)45(20(3)4)40-16-25-27(42-46(43-45,21(5)6)22(7)8)32(14-15-44-32)31(41-25)37-18-35-26-28(33-17-34-29(26)37)36-30(38)23-10-12-24(39-9)13-11-23;1-29-12-4-2-11(3-5-12)18(28)24-16-14-17(22-9-21-16)25(10-23-14)19-20(6-7-31-20)15(27)13(8-26)30-19;13-9-7-10(15-4-14-9)17(5-16-7)11-12(1-2-21-12)8(19)6(3-18)20-11/h10-13,17-22,25,27,31H,14-16H2,1-9H3,(H,33,34,36,38);2-5,9-10,13,15,19,26-27H,6-8H2,1H3,(H,21,22,24,28);4-6,8,11,18-19H,1-3H2,(H2,13,14,15)/t25-,27-,31-,32-;13-,15-,19-,20-;6-,8-,11-,12-/m111/s1. The van der Waals surface area contributed by atoms with E-state index in [9.17, 15) is 30.0 Å². The smallest absolute Gasteiger partial charge is 0.335 e. The minimum absolute atomic E-state index is 0.215. The zero-order valence-electron chi connectivity index (χ0n) is 56.0. The maximum absolute atomic E-state index is 13.1. The van der Waals surface area contributed by atoms with E-state index in [1.165, 1.54) is 19.0 Å². The normalized spacial score (nSPS) is 29.0. The number of anilines is 3.